The lowest BCUT2D eigenvalue weighted by molar-refractivity contribution is 0.131. The molecule has 0 amide bonds. The molecule has 0 aromatic heterocycles. The maximum atomic E-state index is 13.4. The molecule has 5 heteroatoms. The Hall–Kier alpha value is -0.840. The van der Waals surface area contributed by atoms with Crippen molar-refractivity contribution in [3.63, 3.8) is 0 Å². The van der Waals surface area contributed by atoms with Gasteiger partial charge in [-0.3, -0.25) is 0 Å². The maximum absolute atomic E-state index is 13.4. The van der Waals surface area contributed by atoms with E-state index in [1.165, 1.54) is 12.1 Å². The second kappa shape index (κ2) is 5.48. The predicted molar refractivity (Wildman–Crippen MR) is 63.1 cm³/mol. The third kappa shape index (κ3) is 3.07. The van der Waals surface area contributed by atoms with E-state index in [4.69, 9.17) is 15.9 Å². The number of benzene rings is 1. The lowest BCUT2D eigenvalue weighted by Crippen LogP contribution is -2.33. The Morgan fingerprint density at radius 2 is 2.00 bits per heavy atom. The lowest BCUT2D eigenvalue weighted by atomic mass is 9.81. The molecule has 0 saturated heterocycles. The van der Waals surface area contributed by atoms with Crippen LogP contribution < -0.4 is 5.73 Å². The number of phenols is 1. The molecule has 16 heavy (non-hydrogen) atoms. The highest BCUT2D eigenvalue weighted by molar-refractivity contribution is 5.85. The van der Waals surface area contributed by atoms with Crippen LogP contribution >= 0.6 is 12.4 Å². The predicted octanol–water partition coefficient (Wildman–Crippen LogP) is 1.97. The van der Waals surface area contributed by atoms with Crippen molar-refractivity contribution in [3.8, 4) is 5.75 Å². The molecular formula is C11H17ClFNO2. The van der Waals surface area contributed by atoms with Crippen molar-refractivity contribution in [1.82, 2.24) is 0 Å². The molecule has 0 radical (unpaired) electrons. The summed E-state index contributed by atoms with van der Waals surface area (Å²) >= 11 is 0. The van der Waals surface area contributed by atoms with E-state index < -0.39 is 17.3 Å². The normalized spacial score (nSPS) is 13.1. The molecule has 1 aromatic rings. The molecule has 1 atom stereocenters. The summed E-state index contributed by atoms with van der Waals surface area (Å²) in [5.74, 6) is -0.686. The molecule has 0 aliphatic rings. The van der Waals surface area contributed by atoms with Crippen LogP contribution in [-0.2, 0) is 0 Å². The number of hydrogen-bond acceptors (Lipinski definition) is 3. The van der Waals surface area contributed by atoms with Crippen molar-refractivity contribution in [3.05, 3.63) is 29.6 Å². The van der Waals surface area contributed by atoms with Crippen molar-refractivity contribution in [2.24, 2.45) is 11.1 Å². The fourth-order valence-corrected chi connectivity index (χ4v) is 1.29. The molecule has 4 N–H and O–H groups in total. The van der Waals surface area contributed by atoms with E-state index in [-0.39, 0.29) is 24.8 Å². The van der Waals surface area contributed by atoms with E-state index >= 15 is 0 Å². The average Bonchev–Trinajstić information content (AvgIpc) is 2.17. The van der Waals surface area contributed by atoms with E-state index in [1.54, 1.807) is 13.8 Å². The number of aliphatic hydroxyl groups excluding tert-OH is 1. The molecule has 0 aliphatic carbocycles. The van der Waals surface area contributed by atoms with Crippen molar-refractivity contribution in [2.45, 2.75) is 19.9 Å². The number of hydrogen-bond donors (Lipinski definition) is 3. The second-order valence-electron chi connectivity index (χ2n) is 4.33. The zero-order valence-corrected chi connectivity index (χ0v) is 10.1. The van der Waals surface area contributed by atoms with Crippen LogP contribution in [0.1, 0.15) is 25.5 Å². The fraction of sp³-hybridized carbons (Fsp3) is 0.455. The van der Waals surface area contributed by atoms with Gasteiger partial charge in [0.2, 0.25) is 0 Å². The summed E-state index contributed by atoms with van der Waals surface area (Å²) in [5, 5.41) is 18.2. The van der Waals surface area contributed by atoms with Gasteiger partial charge in [0.25, 0.3) is 0 Å². The van der Waals surface area contributed by atoms with Crippen molar-refractivity contribution < 1.29 is 14.6 Å². The van der Waals surface area contributed by atoms with Crippen LogP contribution in [0.5, 0.6) is 5.75 Å². The second-order valence-corrected chi connectivity index (χ2v) is 4.33. The maximum Gasteiger partial charge on any atom is 0.131 e. The van der Waals surface area contributed by atoms with Crippen LogP contribution in [0.2, 0.25) is 0 Å². The highest BCUT2D eigenvalue weighted by Gasteiger charge is 2.28. The summed E-state index contributed by atoms with van der Waals surface area (Å²) in [4.78, 5) is 0. The summed E-state index contributed by atoms with van der Waals surface area (Å²) < 4.78 is 13.4. The van der Waals surface area contributed by atoms with Gasteiger partial charge in [0.05, 0.1) is 0 Å². The molecule has 0 heterocycles. The number of rotatable bonds is 3. The Balaban J connectivity index is 0.00000225. The smallest absolute Gasteiger partial charge is 0.131 e. The summed E-state index contributed by atoms with van der Waals surface area (Å²) in [7, 11) is 0. The van der Waals surface area contributed by atoms with Crippen LogP contribution in [0.4, 0.5) is 4.39 Å². The third-order valence-electron chi connectivity index (χ3n) is 2.57. The summed E-state index contributed by atoms with van der Waals surface area (Å²) in [6, 6.07) is 3.23. The first-order chi connectivity index (χ1) is 6.88. The van der Waals surface area contributed by atoms with Gasteiger partial charge in [-0.2, -0.15) is 0 Å². The zero-order valence-electron chi connectivity index (χ0n) is 9.27. The third-order valence-corrected chi connectivity index (χ3v) is 2.57. The van der Waals surface area contributed by atoms with Gasteiger partial charge in [-0.1, -0.05) is 19.9 Å². The SMILES string of the molecule is CC(C)(CO)[C@H](N)c1ccc(O)cc1F.Cl. The molecule has 0 spiro atoms. The van der Waals surface area contributed by atoms with Gasteiger partial charge in [0.1, 0.15) is 11.6 Å². The monoisotopic (exact) mass is 249 g/mol. The number of nitrogens with two attached hydrogens (primary N) is 1. The first-order valence-electron chi connectivity index (χ1n) is 4.73. The Bertz CT molecular complexity index is 358. The number of halogens is 2. The number of phenolic OH excluding ortho intramolecular Hbond substituents is 1. The van der Waals surface area contributed by atoms with Gasteiger partial charge in [0, 0.05) is 29.7 Å². The largest absolute Gasteiger partial charge is 0.508 e. The van der Waals surface area contributed by atoms with E-state index in [9.17, 15) is 4.39 Å². The van der Waals surface area contributed by atoms with Gasteiger partial charge in [-0.25, -0.2) is 4.39 Å². The minimum Gasteiger partial charge on any atom is -0.508 e. The Labute approximate surface area is 101 Å². The van der Waals surface area contributed by atoms with Crippen LogP contribution in [0.3, 0.4) is 0 Å². The highest BCUT2D eigenvalue weighted by Crippen LogP contribution is 2.32. The quantitative estimate of drug-likeness (QED) is 0.767. The standard InChI is InChI=1S/C11H16FNO2.ClH/c1-11(2,6-14)10(13)8-4-3-7(15)5-9(8)12;/h3-5,10,14-15H,6,13H2,1-2H3;1H/t10-;/m1./s1. The van der Waals surface area contributed by atoms with E-state index in [0.717, 1.165) is 6.07 Å². The zero-order chi connectivity index (χ0) is 11.6. The molecule has 3 nitrogen and oxygen atoms in total. The van der Waals surface area contributed by atoms with E-state index in [0.29, 0.717) is 5.56 Å². The topological polar surface area (TPSA) is 66.5 Å². The lowest BCUT2D eigenvalue weighted by Gasteiger charge is -2.29. The summed E-state index contributed by atoms with van der Waals surface area (Å²) in [5.41, 5.74) is 5.55. The van der Waals surface area contributed by atoms with E-state index in [1.807, 2.05) is 0 Å². The molecule has 0 fully saturated rings. The van der Waals surface area contributed by atoms with Crippen LogP contribution in [0, 0.1) is 11.2 Å². The van der Waals surface area contributed by atoms with Crippen molar-refractivity contribution in [1.29, 1.82) is 0 Å². The van der Waals surface area contributed by atoms with Gasteiger partial charge in [-0.05, 0) is 6.07 Å². The summed E-state index contributed by atoms with van der Waals surface area (Å²) in [6.45, 7) is 3.38. The summed E-state index contributed by atoms with van der Waals surface area (Å²) in [6.07, 6.45) is 0. The van der Waals surface area contributed by atoms with Gasteiger partial charge in [-0.15, -0.1) is 12.4 Å². The van der Waals surface area contributed by atoms with Gasteiger partial charge < -0.3 is 15.9 Å². The Kier molecular flexibility index (Phi) is 5.19. The molecule has 0 aliphatic heterocycles. The molecule has 0 unspecified atom stereocenters. The number of aliphatic hydroxyl groups is 1. The molecule has 0 saturated carbocycles. The van der Waals surface area contributed by atoms with Crippen molar-refractivity contribution in [2.75, 3.05) is 6.61 Å². The Morgan fingerprint density at radius 1 is 1.44 bits per heavy atom. The van der Waals surface area contributed by atoms with E-state index in [2.05, 4.69) is 0 Å². The minimum atomic E-state index is -0.608. The average molecular weight is 250 g/mol. The molecular weight excluding hydrogens is 233 g/mol. The molecule has 0 bridgehead atoms. The van der Waals surface area contributed by atoms with Gasteiger partial charge in [0.15, 0.2) is 0 Å². The highest BCUT2D eigenvalue weighted by atomic mass is 35.5. The first-order valence-corrected chi connectivity index (χ1v) is 4.73. The molecule has 1 aromatic carbocycles. The fourth-order valence-electron chi connectivity index (χ4n) is 1.29. The first kappa shape index (κ1) is 15.2. The molecule has 1 rings (SSSR count). The van der Waals surface area contributed by atoms with Crippen LogP contribution in [0.15, 0.2) is 18.2 Å². The van der Waals surface area contributed by atoms with Crippen molar-refractivity contribution >= 4 is 12.4 Å². The van der Waals surface area contributed by atoms with Gasteiger partial charge >= 0.3 is 0 Å². The Morgan fingerprint density at radius 3 is 2.44 bits per heavy atom. The molecule has 92 valence electrons. The van der Waals surface area contributed by atoms with Crippen LogP contribution in [0.25, 0.3) is 0 Å². The number of aromatic hydroxyl groups is 1. The minimum absolute atomic E-state index is 0. The van der Waals surface area contributed by atoms with Crippen LogP contribution in [-0.4, -0.2) is 16.8 Å².